The Morgan fingerprint density at radius 1 is 0.944 bits per heavy atom. The molecule has 0 radical (unpaired) electrons. The van der Waals surface area contributed by atoms with Gasteiger partial charge in [0.05, 0.1) is 10.6 Å². The number of hydrogen-bond acceptors (Lipinski definition) is 2. The highest BCUT2D eigenvalue weighted by Crippen LogP contribution is 2.19. The summed E-state index contributed by atoms with van der Waals surface area (Å²) in [6.07, 6.45) is 0.211. The van der Waals surface area contributed by atoms with E-state index in [1.807, 2.05) is 54.6 Å². The molecule has 0 amide bonds. The standard InChI is InChI=1S/C15H12OS2/c16-14(10-15(17)18)13-8-6-12(7-9-13)11-4-2-1-3-5-11/h1-9H,10H2,(H,17,18). The zero-order valence-corrected chi connectivity index (χ0v) is 11.4. The number of benzene rings is 2. The predicted molar refractivity (Wildman–Crippen MR) is 82.4 cm³/mol. The lowest BCUT2D eigenvalue weighted by Gasteiger charge is -2.03. The normalized spacial score (nSPS) is 10.1. The van der Waals surface area contributed by atoms with Gasteiger partial charge in [0.15, 0.2) is 5.78 Å². The monoisotopic (exact) mass is 272 g/mol. The van der Waals surface area contributed by atoms with Gasteiger partial charge >= 0.3 is 0 Å². The minimum absolute atomic E-state index is 0.00890. The van der Waals surface area contributed by atoms with Gasteiger partial charge in [0.2, 0.25) is 0 Å². The predicted octanol–water partition coefficient (Wildman–Crippen LogP) is 4.18. The van der Waals surface area contributed by atoms with Crippen LogP contribution in [0.1, 0.15) is 16.8 Å². The molecular formula is C15H12OS2. The third-order valence-corrected chi connectivity index (χ3v) is 2.93. The Labute approximate surface area is 117 Å². The lowest BCUT2D eigenvalue weighted by molar-refractivity contribution is 0.100. The Hall–Kier alpha value is -1.45. The van der Waals surface area contributed by atoms with Crippen molar-refractivity contribution in [3.63, 3.8) is 0 Å². The number of hydrogen-bond donors (Lipinski definition) is 1. The molecule has 18 heavy (non-hydrogen) atoms. The maximum absolute atomic E-state index is 11.8. The minimum Gasteiger partial charge on any atom is -0.294 e. The van der Waals surface area contributed by atoms with Crippen LogP contribution in [0.4, 0.5) is 0 Å². The molecule has 1 nitrogen and oxygen atoms in total. The fourth-order valence-electron chi connectivity index (χ4n) is 1.72. The summed E-state index contributed by atoms with van der Waals surface area (Å²) < 4.78 is 0.423. The first-order valence-corrected chi connectivity index (χ1v) is 6.43. The molecule has 0 unspecified atom stereocenters. The van der Waals surface area contributed by atoms with Crippen molar-refractivity contribution in [1.82, 2.24) is 0 Å². The van der Waals surface area contributed by atoms with Gasteiger partial charge in [0.1, 0.15) is 0 Å². The molecule has 2 rings (SSSR count). The number of ketones is 1. The van der Waals surface area contributed by atoms with E-state index in [0.29, 0.717) is 9.76 Å². The third-order valence-electron chi connectivity index (χ3n) is 2.63. The molecule has 0 aliphatic heterocycles. The van der Waals surface area contributed by atoms with E-state index in [2.05, 4.69) is 12.6 Å². The van der Waals surface area contributed by atoms with Gasteiger partial charge in [0.25, 0.3) is 0 Å². The molecule has 0 aromatic heterocycles. The third kappa shape index (κ3) is 3.28. The molecule has 0 bridgehead atoms. The molecule has 0 heterocycles. The number of carbonyl (C=O) groups excluding carboxylic acids is 1. The fraction of sp³-hybridized carbons (Fsp3) is 0.0667. The summed E-state index contributed by atoms with van der Waals surface area (Å²) in [5.74, 6) is 0.00890. The Morgan fingerprint density at radius 2 is 1.50 bits per heavy atom. The topological polar surface area (TPSA) is 17.1 Å². The van der Waals surface area contributed by atoms with Crippen molar-refractivity contribution in [2.75, 3.05) is 0 Å². The first kappa shape index (κ1) is 13.0. The van der Waals surface area contributed by atoms with E-state index in [-0.39, 0.29) is 12.2 Å². The molecule has 3 heteroatoms. The zero-order chi connectivity index (χ0) is 13.0. The van der Waals surface area contributed by atoms with E-state index in [0.717, 1.165) is 11.1 Å². The van der Waals surface area contributed by atoms with Crippen LogP contribution in [0.2, 0.25) is 0 Å². The van der Waals surface area contributed by atoms with Gasteiger partial charge in [-0.25, -0.2) is 0 Å². The highest BCUT2D eigenvalue weighted by Gasteiger charge is 2.07. The minimum atomic E-state index is 0.00890. The summed E-state index contributed by atoms with van der Waals surface area (Å²) in [5.41, 5.74) is 2.91. The summed E-state index contributed by atoms with van der Waals surface area (Å²) in [4.78, 5) is 11.8. The van der Waals surface area contributed by atoms with Crippen LogP contribution in [0.5, 0.6) is 0 Å². The van der Waals surface area contributed by atoms with Gasteiger partial charge in [-0.3, -0.25) is 4.79 Å². The van der Waals surface area contributed by atoms with E-state index < -0.39 is 0 Å². The van der Waals surface area contributed by atoms with Gasteiger partial charge in [-0.2, -0.15) is 0 Å². The van der Waals surface area contributed by atoms with Crippen LogP contribution < -0.4 is 0 Å². The Kier molecular flexibility index (Phi) is 4.28. The molecule has 0 saturated carbocycles. The largest absolute Gasteiger partial charge is 0.294 e. The first-order chi connectivity index (χ1) is 8.66. The summed E-state index contributed by atoms with van der Waals surface area (Å²) in [6, 6.07) is 17.6. The molecule has 2 aromatic rings. The number of thiol groups is 1. The van der Waals surface area contributed by atoms with Crippen molar-refractivity contribution in [2.24, 2.45) is 0 Å². The number of Topliss-reactive ketones (excluding diaryl/α,β-unsaturated/α-hetero) is 1. The molecule has 0 atom stereocenters. The SMILES string of the molecule is O=C(CC(=S)S)c1ccc(-c2ccccc2)cc1. The quantitative estimate of drug-likeness (QED) is 0.511. The molecule has 0 aliphatic rings. The highest BCUT2D eigenvalue weighted by molar-refractivity contribution is 8.11. The van der Waals surface area contributed by atoms with E-state index in [9.17, 15) is 4.79 Å². The van der Waals surface area contributed by atoms with Gasteiger partial charge in [-0.15, -0.1) is 12.6 Å². The summed E-state index contributed by atoms with van der Waals surface area (Å²) in [5, 5.41) is 0. The number of thiocarbonyl (C=S) groups is 1. The van der Waals surface area contributed by atoms with E-state index in [1.165, 1.54) is 0 Å². The fourth-order valence-corrected chi connectivity index (χ4v) is 1.99. The maximum Gasteiger partial charge on any atom is 0.168 e. The van der Waals surface area contributed by atoms with Gasteiger partial charge in [0, 0.05) is 5.56 Å². The Balaban J connectivity index is 2.20. The second-order valence-corrected chi connectivity index (χ2v) is 5.27. The molecule has 0 aliphatic carbocycles. The summed E-state index contributed by atoms with van der Waals surface area (Å²) >= 11 is 8.79. The van der Waals surface area contributed by atoms with Crippen molar-refractivity contribution >= 4 is 34.8 Å². The molecule has 0 saturated heterocycles. The van der Waals surface area contributed by atoms with E-state index >= 15 is 0 Å². The van der Waals surface area contributed by atoms with Gasteiger partial charge in [-0.05, 0) is 11.1 Å². The Bertz CT molecular complexity index is 559. The summed E-state index contributed by atoms with van der Waals surface area (Å²) in [7, 11) is 0. The first-order valence-electron chi connectivity index (χ1n) is 5.57. The maximum atomic E-state index is 11.8. The second kappa shape index (κ2) is 5.94. The van der Waals surface area contributed by atoms with Crippen LogP contribution in [0.15, 0.2) is 54.6 Å². The van der Waals surface area contributed by atoms with Gasteiger partial charge < -0.3 is 0 Å². The van der Waals surface area contributed by atoms with Crippen molar-refractivity contribution in [1.29, 1.82) is 0 Å². The van der Waals surface area contributed by atoms with Crippen LogP contribution in [0, 0.1) is 0 Å². The molecule has 0 fully saturated rings. The number of carbonyl (C=O) groups is 1. The zero-order valence-electron chi connectivity index (χ0n) is 9.67. The molecular weight excluding hydrogens is 260 g/mol. The highest BCUT2D eigenvalue weighted by atomic mass is 32.1. The van der Waals surface area contributed by atoms with Crippen LogP contribution in [-0.4, -0.2) is 9.98 Å². The van der Waals surface area contributed by atoms with Crippen LogP contribution in [0.3, 0.4) is 0 Å². The second-order valence-electron chi connectivity index (χ2n) is 3.94. The van der Waals surface area contributed by atoms with Crippen molar-refractivity contribution < 1.29 is 4.79 Å². The Morgan fingerprint density at radius 3 is 2.06 bits per heavy atom. The lowest BCUT2D eigenvalue weighted by Crippen LogP contribution is -2.01. The van der Waals surface area contributed by atoms with Crippen LogP contribution in [0.25, 0.3) is 11.1 Å². The number of rotatable bonds is 4. The van der Waals surface area contributed by atoms with Crippen LogP contribution in [-0.2, 0) is 0 Å². The van der Waals surface area contributed by atoms with Crippen molar-refractivity contribution in [2.45, 2.75) is 6.42 Å². The summed E-state index contributed by atoms with van der Waals surface area (Å²) in [6.45, 7) is 0. The van der Waals surface area contributed by atoms with E-state index in [4.69, 9.17) is 12.2 Å². The molecule has 90 valence electrons. The van der Waals surface area contributed by atoms with Gasteiger partial charge in [-0.1, -0.05) is 66.8 Å². The van der Waals surface area contributed by atoms with Crippen molar-refractivity contribution in [3.8, 4) is 11.1 Å². The van der Waals surface area contributed by atoms with Crippen molar-refractivity contribution in [3.05, 3.63) is 60.2 Å². The molecule has 2 aromatic carbocycles. The molecule has 0 spiro atoms. The smallest absolute Gasteiger partial charge is 0.168 e. The average molecular weight is 272 g/mol. The average Bonchev–Trinajstić information content (AvgIpc) is 2.39. The lowest BCUT2D eigenvalue weighted by atomic mass is 10.0. The van der Waals surface area contributed by atoms with E-state index in [1.54, 1.807) is 0 Å². The van der Waals surface area contributed by atoms with Crippen LogP contribution >= 0.6 is 24.8 Å². The molecule has 0 N–H and O–H groups in total.